The van der Waals surface area contributed by atoms with Crippen LogP contribution in [-0.2, 0) is 19.9 Å². The normalized spacial score (nSPS) is 15.2. The van der Waals surface area contributed by atoms with Gasteiger partial charge in [0.1, 0.15) is 0 Å². The maximum Gasteiger partial charge on any atom is 0.261 e. The summed E-state index contributed by atoms with van der Waals surface area (Å²) in [6.45, 7) is 4.02. The summed E-state index contributed by atoms with van der Waals surface area (Å²) in [5.74, 6) is 0.0279. The van der Waals surface area contributed by atoms with E-state index < -0.39 is 0 Å². The van der Waals surface area contributed by atoms with Crippen LogP contribution in [0.15, 0.2) is 12.3 Å². The number of fused-ring (bicyclic) bond motifs is 1. The lowest BCUT2D eigenvalue weighted by Gasteiger charge is -2.13. The third-order valence-corrected chi connectivity index (χ3v) is 5.29. The zero-order valence-electron chi connectivity index (χ0n) is 12.1. The number of aromatic nitrogens is 2. The van der Waals surface area contributed by atoms with E-state index in [9.17, 15) is 4.79 Å². The molecule has 0 fully saturated rings. The summed E-state index contributed by atoms with van der Waals surface area (Å²) in [7, 11) is 1.91. The molecule has 106 valence electrons. The van der Waals surface area contributed by atoms with E-state index in [0.717, 1.165) is 29.0 Å². The molecule has 20 heavy (non-hydrogen) atoms. The molecule has 1 aliphatic carbocycles. The molecular formula is C15H19N3OS. The molecule has 1 atom stereocenters. The van der Waals surface area contributed by atoms with E-state index in [1.807, 2.05) is 31.8 Å². The number of hydrogen-bond donors (Lipinski definition) is 1. The van der Waals surface area contributed by atoms with Gasteiger partial charge in [-0.3, -0.25) is 9.48 Å². The molecule has 0 unspecified atom stereocenters. The van der Waals surface area contributed by atoms with Crippen LogP contribution in [0.2, 0.25) is 0 Å². The molecule has 2 aromatic rings. The maximum absolute atomic E-state index is 12.3. The number of rotatable bonds is 3. The van der Waals surface area contributed by atoms with Crippen molar-refractivity contribution in [3.05, 3.63) is 38.8 Å². The Morgan fingerprint density at radius 2 is 2.30 bits per heavy atom. The third-order valence-electron chi connectivity index (χ3n) is 4.06. The van der Waals surface area contributed by atoms with Crippen molar-refractivity contribution in [3.8, 4) is 0 Å². The van der Waals surface area contributed by atoms with Gasteiger partial charge in [0.2, 0.25) is 0 Å². The molecule has 2 aromatic heterocycles. The standard InChI is InChI=1S/C15H19N3OS/c1-9(12-8-16-18(3)10(12)2)17-15(19)14-7-11-5-4-6-13(11)20-14/h7-9H,4-6H2,1-3H3,(H,17,19)/t9-/m1/s1. The minimum Gasteiger partial charge on any atom is -0.345 e. The number of nitrogens with zero attached hydrogens (tertiary/aromatic N) is 2. The maximum atomic E-state index is 12.3. The molecule has 0 spiro atoms. The molecule has 1 amide bonds. The molecule has 0 aliphatic heterocycles. The van der Waals surface area contributed by atoms with Gasteiger partial charge in [0.15, 0.2) is 0 Å². The van der Waals surface area contributed by atoms with Crippen LogP contribution in [0.1, 0.15) is 50.8 Å². The SMILES string of the molecule is Cc1c([C@@H](C)NC(=O)c2cc3c(s2)CCC3)cnn1C. The molecule has 0 saturated heterocycles. The topological polar surface area (TPSA) is 46.9 Å². The van der Waals surface area contributed by atoms with E-state index >= 15 is 0 Å². The minimum absolute atomic E-state index is 0.0202. The molecule has 0 radical (unpaired) electrons. The van der Waals surface area contributed by atoms with E-state index in [0.29, 0.717) is 0 Å². The van der Waals surface area contributed by atoms with Crippen molar-refractivity contribution < 1.29 is 4.79 Å². The Balaban J connectivity index is 1.73. The van der Waals surface area contributed by atoms with E-state index in [1.165, 1.54) is 16.9 Å². The Labute approximate surface area is 122 Å². The van der Waals surface area contributed by atoms with Gasteiger partial charge >= 0.3 is 0 Å². The summed E-state index contributed by atoms with van der Waals surface area (Å²) in [5.41, 5.74) is 3.53. The smallest absolute Gasteiger partial charge is 0.261 e. The second-order valence-corrected chi connectivity index (χ2v) is 6.55. The first-order chi connectivity index (χ1) is 9.56. The highest BCUT2D eigenvalue weighted by molar-refractivity contribution is 7.14. The lowest BCUT2D eigenvalue weighted by atomic mass is 10.1. The van der Waals surface area contributed by atoms with E-state index in [-0.39, 0.29) is 11.9 Å². The summed E-state index contributed by atoms with van der Waals surface area (Å²) >= 11 is 1.64. The Kier molecular flexibility index (Phi) is 3.38. The van der Waals surface area contributed by atoms with Gasteiger partial charge in [-0.1, -0.05) is 0 Å². The molecule has 0 saturated carbocycles. The van der Waals surface area contributed by atoms with Crippen molar-refractivity contribution in [1.29, 1.82) is 0 Å². The van der Waals surface area contributed by atoms with Crippen molar-refractivity contribution in [3.63, 3.8) is 0 Å². The average molecular weight is 289 g/mol. The van der Waals surface area contributed by atoms with Crippen molar-refractivity contribution in [2.75, 3.05) is 0 Å². The van der Waals surface area contributed by atoms with Crippen molar-refractivity contribution in [1.82, 2.24) is 15.1 Å². The predicted octanol–water partition coefficient (Wildman–Crippen LogP) is 2.77. The van der Waals surface area contributed by atoms with E-state index in [2.05, 4.69) is 16.5 Å². The van der Waals surface area contributed by atoms with Gasteiger partial charge in [-0.25, -0.2) is 0 Å². The molecular weight excluding hydrogens is 270 g/mol. The average Bonchev–Trinajstić information content (AvgIpc) is 3.05. The van der Waals surface area contributed by atoms with Crippen LogP contribution in [-0.4, -0.2) is 15.7 Å². The number of aryl methyl sites for hydroxylation is 3. The minimum atomic E-state index is -0.0202. The predicted molar refractivity (Wildman–Crippen MR) is 80.2 cm³/mol. The quantitative estimate of drug-likeness (QED) is 0.944. The highest BCUT2D eigenvalue weighted by Crippen LogP contribution is 2.30. The lowest BCUT2D eigenvalue weighted by Crippen LogP contribution is -2.26. The molecule has 5 heteroatoms. The van der Waals surface area contributed by atoms with Gasteiger partial charge < -0.3 is 5.32 Å². The van der Waals surface area contributed by atoms with Crippen LogP contribution < -0.4 is 5.32 Å². The second-order valence-electron chi connectivity index (χ2n) is 5.42. The Bertz CT molecular complexity index is 635. The Morgan fingerprint density at radius 3 is 2.95 bits per heavy atom. The highest BCUT2D eigenvalue weighted by atomic mass is 32.1. The fraction of sp³-hybridized carbons (Fsp3) is 0.467. The first-order valence-electron chi connectivity index (χ1n) is 6.97. The number of hydrogen-bond acceptors (Lipinski definition) is 3. The summed E-state index contributed by atoms with van der Waals surface area (Å²) in [4.78, 5) is 14.5. The van der Waals surface area contributed by atoms with Gasteiger partial charge in [0.25, 0.3) is 5.91 Å². The third kappa shape index (κ3) is 2.26. The fourth-order valence-electron chi connectivity index (χ4n) is 2.73. The fourth-order valence-corrected chi connectivity index (χ4v) is 3.88. The van der Waals surface area contributed by atoms with Crippen LogP contribution in [0.3, 0.4) is 0 Å². The first-order valence-corrected chi connectivity index (χ1v) is 7.79. The van der Waals surface area contributed by atoms with Gasteiger partial charge in [0, 0.05) is 23.2 Å². The van der Waals surface area contributed by atoms with E-state index in [4.69, 9.17) is 0 Å². The van der Waals surface area contributed by atoms with Gasteiger partial charge in [0.05, 0.1) is 17.1 Å². The van der Waals surface area contributed by atoms with Crippen LogP contribution in [0, 0.1) is 6.92 Å². The zero-order chi connectivity index (χ0) is 14.3. The molecule has 0 bridgehead atoms. The molecule has 4 nitrogen and oxygen atoms in total. The molecule has 1 N–H and O–H groups in total. The number of amides is 1. The van der Waals surface area contributed by atoms with Crippen LogP contribution >= 0.6 is 11.3 Å². The summed E-state index contributed by atoms with van der Waals surface area (Å²) < 4.78 is 1.83. The Hall–Kier alpha value is -1.62. The molecule has 0 aromatic carbocycles. The summed E-state index contributed by atoms with van der Waals surface area (Å²) in [5, 5.41) is 7.30. The largest absolute Gasteiger partial charge is 0.345 e. The lowest BCUT2D eigenvalue weighted by molar-refractivity contribution is 0.0944. The number of carbonyl (C=O) groups excluding carboxylic acids is 1. The summed E-state index contributed by atoms with van der Waals surface area (Å²) in [6, 6.07) is 2.04. The van der Waals surface area contributed by atoms with Crippen molar-refractivity contribution in [2.45, 2.75) is 39.2 Å². The van der Waals surface area contributed by atoms with E-state index in [1.54, 1.807) is 11.3 Å². The monoisotopic (exact) mass is 289 g/mol. The van der Waals surface area contributed by atoms with Gasteiger partial charge in [-0.15, -0.1) is 11.3 Å². The molecule has 1 aliphatic rings. The van der Waals surface area contributed by atoms with Crippen LogP contribution in [0.5, 0.6) is 0 Å². The molecule has 2 heterocycles. The number of thiophene rings is 1. The Morgan fingerprint density at radius 1 is 1.50 bits per heavy atom. The van der Waals surface area contributed by atoms with Crippen LogP contribution in [0.4, 0.5) is 0 Å². The summed E-state index contributed by atoms with van der Waals surface area (Å²) in [6.07, 6.45) is 5.31. The van der Waals surface area contributed by atoms with Gasteiger partial charge in [-0.2, -0.15) is 5.10 Å². The van der Waals surface area contributed by atoms with Gasteiger partial charge in [-0.05, 0) is 44.7 Å². The number of carbonyl (C=O) groups is 1. The second kappa shape index (κ2) is 5.05. The zero-order valence-corrected chi connectivity index (χ0v) is 12.9. The van der Waals surface area contributed by atoms with Crippen molar-refractivity contribution in [2.24, 2.45) is 7.05 Å². The van der Waals surface area contributed by atoms with Crippen LogP contribution in [0.25, 0.3) is 0 Å². The first kappa shape index (κ1) is 13.4. The number of nitrogens with one attached hydrogen (secondary N) is 1. The van der Waals surface area contributed by atoms with Crippen molar-refractivity contribution >= 4 is 17.2 Å². The molecule has 3 rings (SSSR count). The highest BCUT2D eigenvalue weighted by Gasteiger charge is 2.20.